The van der Waals surface area contributed by atoms with Crippen molar-refractivity contribution in [1.82, 2.24) is 10.6 Å². The summed E-state index contributed by atoms with van der Waals surface area (Å²) in [5, 5.41) is 14.4. The molecule has 1 aromatic carbocycles. The molecule has 1 aromatic rings. The Hall–Kier alpha value is -1.82. The Morgan fingerprint density at radius 3 is 2.67 bits per heavy atom. The van der Waals surface area contributed by atoms with E-state index >= 15 is 0 Å². The monoisotopic (exact) mass is 298 g/mol. The molecule has 0 saturated heterocycles. The van der Waals surface area contributed by atoms with Gasteiger partial charge in [-0.3, -0.25) is 0 Å². The summed E-state index contributed by atoms with van der Waals surface area (Å²) < 4.78 is 18.3. The third-order valence-electron chi connectivity index (χ3n) is 3.18. The third-order valence-corrected chi connectivity index (χ3v) is 3.18. The smallest absolute Gasteiger partial charge is 0.315 e. The van der Waals surface area contributed by atoms with Crippen molar-refractivity contribution in [1.29, 1.82) is 0 Å². The Morgan fingerprint density at radius 2 is 2.10 bits per heavy atom. The van der Waals surface area contributed by atoms with Crippen molar-refractivity contribution in [2.45, 2.75) is 32.9 Å². The zero-order valence-electron chi connectivity index (χ0n) is 12.6. The van der Waals surface area contributed by atoms with Gasteiger partial charge in [0.2, 0.25) is 0 Å². The van der Waals surface area contributed by atoms with Crippen LogP contribution >= 0.6 is 0 Å². The Morgan fingerprint density at radius 1 is 1.38 bits per heavy atom. The second-order valence-electron chi connectivity index (χ2n) is 5.19. The number of ether oxygens (including phenoxy) is 1. The van der Waals surface area contributed by atoms with Crippen LogP contribution in [0.15, 0.2) is 18.2 Å². The number of aliphatic hydroxyl groups is 1. The highest BCUT2D eigenvalue weighted by Gasteiger charge is 2.15. The maximum atomic E-state index is 13.3. The fraction of sp³-hybridized carbons (Fsp3) is 0.533. The van der Waals surface area contributed by atoms with Crippen molar-refractivity contribution < 1.29 is 19.0 Å². The minimum atomic E-state index is -0.410. The van der Waals surface area contributed by atoms with Crippen LogP contribution in [0.1, 0.15) is 25.8 Å². The van der Waals surface area contributed by atoms with E-state index in [-0.39, 0.29) is 31.1 Å². The molecule has 1 atom stereocenters. The highest BCUT2D eigenvalue weighted by molar-refractivity contribution is 5.74. The van der Waals surface area contributed by atoms with Crippen molar-refractivity contribution in [3.63, 3.8) is 0 Å². The van der Waals surface area contributed by atoms with E-state index in [1.807, 2.05) is 13.8 Å². The molecule has 6 heteroatoms. The number of hydrogen-bond acceptors (Lipinski definition) is 3. The van der Waals surface area contributed by atoms with Gasteiger partial charge in [-0.2, -0.15) is 0 Å². The minimum absolute atomic E-state index is 0.0181. The molecule has 0 radical (unpaired) electrons. The number of rotatable bonds is 7. The van der Waals surface area contributed by atoms with E-state index in [2.05, 4.69) is 10.6 Å². The summed E-state index contributed by atoms with van der Waals surface area (Å²) in [6, 6.07) is 3.84. The van der Waals surface area contributed by atoms with Gasteiger partial charge < -0.3 is 20.5 Å². The topological polar surface area (TPSA) is 70.6 Å². The summed E-state index contributed by atoms with van der Waals surface area (Å²) in [5.41, 5.74) is 0.616. The normalized spacial score (nSPS) is 12.1. The molecule has 2 amide bonds. The molecule has 0 aliphatic heterocycles. The quantitative estimate of drug-likeness (QED) is 0.721. The molecule has 21 heavy (non-hydrogen) atoms. The van der Waals surface area contributed by atoms with Gasteiger partial charge >= 0.3 is 6.03 Å². The standard InChI is InChI=1S/C15H23FN2O3/c1-10(2)14(4-5-19)18-15(20)17-9-11-6-12(16)8-13(7-11)21-3/h6-8,10,14,19H,4-5,9H2,1-3H3,(H2,17,18,20). The highest BCUT2D eigenvalue weighted by atomic mass is 19.1. The average molecular weight is 298 g/mol. The lowest BCUT2D eigenvalue weighted by molar-refractivity contribution is 0.218. The molecule has 0 aliphatic rings. The largest absolute Gasteiger partial charge is 0.497 e. The van der Waals surface area contributed by atoms with Crippen LogP contribution in [0.4, 0.5) is 9.18 Å². The molecule has 1 rings (SSSR count). The summed E-state index contributed by atoms with van der Waals surface area (Å²) in [7, 11) is 1.46. The average Bonchev–Trinajstić information content (AvgIpc) is 2.44. The number of aliphatic hydroxyl groups excluding tert-OH is 1. The molecule has 5 nitrogen and oxygen atoms in total. The van der Waals surface area contributed by atoms with Crippen LogP contribution < -0.4 is 15.4 Å². The number of benzene rings is 1. The Balaban J connectivity index is 2.54. The van der Waals surface area contributed by atoms with Crippen LogP contribution in [-0.4, -0.2) is 30.9 Å². The van der Waals surface area contributed by atoms with Crippen LogP contribution in [0.25, 0.3) is 0 Å². The Bertz CT molecular complexity index is 466. The second-order valence-corrected chi connectivity index (χ2v) is 5.19. The van der Waals surface area contributed by atoms with Gasteiger partial charge in [-0.25, -0.2) is 9.18 Å². The number of methoxy groups -OCH3 is 1. The predicted molar refractivity (Wildman–Crippen MR) is 78.7 cm³/mol. The van der Waals surface area contributed by atoms with Gasteiger partial charge in [0, 0.05) is 25.3 Å². The number of amides is 2. The SMILES string of the molecule is COc1cc(F)cc(CNC(=O)NC(CCO)C(C)C)c1. The van der Waals surface area contributed by atoms with E-state index in [4.69, 9.17) is 9.84 Å². The Kier molecular flexibility index (Phi) is 6.94. The van der Waals surface area contributed by atoms with E-state index in [1.54, 1.807) is 6.07 Å². The molecule has 0 bridgehead atoms. The number of halogens is 1. The first-order valence-electron chi connectivity index (χ1n) is 6.95. The first-order valence-corrected chi connectivity index (χ1v) is 6.95. The lowest BCUT2D eigenvalue weighted by Crippen LogP contribution is -2.44. The Labute approximate surface area is 124 Å². The van der Waals surface area contributed by atoms with Crippen molar-refractivity contribution in [3.8, 4) is 5.75 Å². The number of urea groups is 1. The molecule has 0 saturated carbocycles. The molecule has 3 N–H and O–H groups in total. The van der Waals surface area contributed by atoms with E-state index in [1.165, 1.54) is 19.2 Å². The molecule has 1 unspecified atom stereocenters. The number of nitrogens with one attached hydrogen (secondary N) is 2. The van der Waals surface area contributed by atoms with Gasteiger partial charge in [-0.1, -0.05) is 13.8 Å². The van der Waals surface area contributed by atoms with Gasteiger partial charge in [0.05, 0.1) is 7.11 Å². The van der Waals surface area contributed by atoms with Crippen molar-refractivity contribution >= 4 is 6.03 Å². The number of carbonyl (C=O) groups is 1. The van der Waals surface area contributed by atoms with Gasteiger partial charge in [-0.15, -0.1) is 0 Å². The first kappa shape index (κ1) is 17.2. The maximum Gasteiger partial charge on any atom is 0.315 e. The molecule has 118 valence electrons. The second kappa shape index (κ2) is 8.46. The lowest BCUT2D eigenvalue weighted by atomic mass is 10.0. The first-order chi connectivity index (χ1) is 9.96. The zero-order valence-corrected chi connectivity index (χ0v) is 12.6. The van der Waals surface area contributed by atoms with E-state index in [9.17, 15) is 9.18 Å². The van der Waals surface area contributed by atoms with Gasteiger partial charge in [-0.05, 0) is 30.0 Å². The van der Waals surface area contributed by atoms with Crippen molar-refractivity contribution in [2.24, 2.45) is 5.92 Å². The summed E-state index contributed by atoms with van der Waals surface area (Å²) in [4.78, 5) is 11.8. The van der Waals surface area contributed by atoms with Crippen LogP contribution in [0.3, 0.4) is 0 Å². The van der Waals surface area contributed by atoms with Crippen molar-refractivity contribution in [2.75, 3.05) is 13.7 Å². The van der Waals surface area contributed by atoms with Crippen LogP contribution in [0, 0.1) is 11.7 Å². The molecule has 0 heterocycles. The summed E-state index contributed by atoms with van der Waals surface area (Å²) in [5.74, 6) is 0.219. The number of hydrogen-bond donors (Lipinski definition) is 3. The van der Waals surface area contributed by atoms with E-state index in [0.29, 0.717) is 17.7 Å². The molecule has 0 fully saturated rings. The van der Waals surface area contributed by atoms with Crippen molar-refractivity contribution in [3.05, 3.63) is 29.6 Å². The fourth-order valence-electron chi connectivity index (χ4n) is 1.95. The number of carbonyl (C=O) groups excluding carboxylic acids is 1. The molecule has 0 aromatic heterocycles. The summed E-state index contributed by atoms with van der Waals surface area (Å²) in [6.45, 7) is 4.16. The fourth-order valence-corrected chi connectivity index (χ4v) is 1.95. The van der Waals surface area contributed by atoms with Gasteiger partial charge in [0.25, 0.3) is 0 Å². The van der Waals surface area contributed by atoms with Gasteiger partial charge in [0.15, 0.2) is 0 Å². The van der Waals surface area contributed by atoms with E-state index < -0.39 is 5.82 Å². The minimum Gasteiger partial charge on any atom is -0.497 e. The molecular weight excluding hydrogens is 275 g/mol. The summed E-state index contributed by atoms with van der Waals surface area (Å²) in [6.07, 6.45) is 0.499. The molecule has 0 spiro atoms. The lowest BCUT2D eigenvalue weighted by Gasteiger charge is -2.21. The zero-order chi connectivity index (χ0) is 15.8. The van der Waals surface area contributed by atoms with Crippen LogP contribution in [0.5, 0.6) is 5.75 Å². The predicted octanol–water partition coefficient (Wildman–Crippen LogP) is 2.04. The summed E-state index contributed by atoms with van der Waals surface area (Å²) >= 11 is 0. The third kappa shape index (κ3) is 5.99. The molecule has 0 aliphatic carbocycles. The molecular formula is C15H23FN2O3. The van der Waals surface area contributed by atoms with Crippen LogP contribution in [0.2, 0.25) is 0 Å². The van der Waals surface area contributed by atoms with E-state index in [0.717, 1.165) is 0 Å². The highest BCUT2D eigenvalue weighted by Crippen LogP contribution is 2.15. The van der Waals surface area contributed by atoms with Crippen LogP contribution in [-0.2, 0) is 6.54 Å². The maximum absolute atomic E-state index is 13.3. The van der Waals surface area contributed by atoms with Gasteiger partial charge in [0.1, 0.15) is 11.6 Å².